The maximum absolute atomic E-state index is 10.3. The van der Waals surface area contributed by atoms with Gasteiger partial charge in [-0.3, -0.25) is 0 Å². The second-order valence-corrected chi connectivity index (χ2v) is 2.76. The molecule has 0 fully saturated rings. The molecule has 1 aliphatic rings. The molecular formula is C10H13NO2. The molecule has 0 bridgehead atoms. The van der Waals surface area contributed by atoms with Crippen LogP contribution in [0.3, 0.4) is 0 Å². The van der Waals surface area contributed by atoms with Crippen molar-refractivity contribution in [2.75, 3.05) is 6.61 Å². The van der Waals surface area contributed by atoms with Crippen LogP contribution < -0.4 is 5.73 Å². The number of nitrogens with two attached hydrogens (primary N) is 1. The topological polar surface area (TPSA) is 52.3 Å². The fourth-order valence-electron chi connectivity index (χ4n) is 1.09. The average Bonchev–Trinajstić information content (AvgIpc) is 2.32. The lowest BCUT2D eigenvalue weighted by Crippen LogP contribution is -2.13. The van der Waals surface area contributed by atoms with Gasteiger partial charge in [0.2, 0.25) is 0 Å². The first-order valence-corrected chi connectivity index (χ1v) is 4.22. The number of ether oxygens (including phenoxy) is 1. The summed E-state index contributed by atoms with van der Waals surface area (Å²) in [4.78, 5) is 10.3. The third-order valence-electron chi connectivity index (χ3n) is 1.74. The zero-order valence-corrected chi connectivity index (χ0v) is 7.40. The van der Waals surface area contributed by atoms with Crippen molar-refractivity contribution in [1.29, 1.82) is 0 Å². The maximum atomic E-state index is 10.3. The van der Waals surface area contributed by atoms with E-state index in [0.717, 1.165) is 12.8 Å². The number of carbonyl (C=O) groups is 1. The zero-order chi connectivity index (χ0) is 9.52. The summed E-state index contributed by atoms with van der Waals surface area (Å²) in [5, 5.41) is 0. The first-order valence-electron chi connectivity index (χ1n) is 4.22. The molecule has 1 aliphatic carbocycles. The van der Waals surface area contributed by atoms with E-state index in [4.69, 9.17) is 5.73 Å². The van der Waals surface area contributed by atoms with Crippen LogP contribution in [0.2, 0.25) is 0 Å². The fraction of sp³-hybridized carbons (Fsp3) is 0.300. The van der Waals surface area contributed by atoms with Gasteiger partial charge in [0.25, 0.3) is 0 Å². The van der Waals surface area contributed by atoms with Crippen molar-refractivity contribution < 1.29 is 9.53 Å². The first-order chi connectivity index (χ1) is 6.29. The van der Waals surface area contributed by atoms with E-state index in [9.17, 15) is 4.79 Å². The summed E-state index contributed by atoms with van der Waals surface area (Å²) >= 11 is 0. The molecule has 0 aromatic rings. The Bertz CT molecular complexity index is 264. The molecule has 0 aliphatic heterocycles. The smallest absolute Gasteiger partial charge is 0.404 e. The molecule has 0 saturated heterocycles. The maximum Gasteiger partial charge on any atom is 0.404 e. The van der Waals surface area contributed by atoms with E-state index in [-0.39, 0.29) is 0 Å². The molecule has 70 valence electrons. The summed E-state index contributed by atoms with van der Waals surface area (Å²) in [6.45, 7) is 0.364. The standard InChI is InChI=1S/C10H13NO2/c11-10(12)13-8-7-9-5-3-1-2-4-6-9/h1-5H,6-8H2,(H2,11,12). The molecular weight excluding hydrogens is 166 g/mol. The largest absolute Gasteiger partial charge is 0.449 e. The van der Waals surface area contributed by atoms with Gasteiger partial charge in [-0.25, -0.2) is 4.79 Å². The van der Waals surface area contributed by atoms with Crippen LogP contribution in [0.25, 0.3) is 0 Å². The summed E-state index contributed by atoms with van der Waals surface area (Å²) in [5.41, 5.74) is 6.07. The van der Waals surface area contributed by atoms with Crippen molar-refractivity contribution in [1.82, 2.24) is 0 Å². The van der Waals surface area contributed by atoms with Gasteiger partial charge < -0.3 is 10.5 Å². The molecule has 0 aromatic heterocycles. The molecule has 1 amide bonds. The quantitative estimate of drug-likeness (QED) is 0.719. The van der Waals surface area contributed by atoms with Crippen LogP contribution in [0.15, 0.2) is 36.0 Å². The molecule has 0 heterocycles. The van der Waals surface area contributed by atoms with Crippen LogP contribution in [-0.4, -0.2) is 12.7 Å². The van der Waals surface area contributed by atoms with Crippen molar-refractivity contribution in [3.8, 4) is 0 Å². The second kappa shape index (κ2) is 5.19. The molecule has 3 nitrogen and oxygen atoms in total. The van der Waals surface area contributed by atoms with Crippen molar-refractivity contribution in [2.45, 2.75) is 12.8 Å². The second-order valence-electron chi connectivity index (χ2n) is 2.76. The molecule has 2 N–H and O–H groups in total. The highest BCUT2D eigenvalue weighted by atomic mass is 16.5. The van der Waals surface area contributed by atoms with Gasteiger partial charge in [0.05, 0.1) is 6.61 Å². The summed E-state index contributed by atoms with van der Waals surface area (Å²) in [6, 6.07) is 0. The van der Waals surface area contributed by atoms with Crippen molar-refractivity contribution in [2.24, 2.45) is 5.73 Å². The van der Waals surface area contributed by atoms with Crippen LogP contribution in [0.4, 0.5) is 4.79 Å². The Labute approximate surface area is 77.6 Å². The summed E-state index contributed by atoms with van der Waals surface area (Å²) in [6.07, 6.45) is 11.0. The zero-order valence-electron chi connectivity index (χ0n) is 7.40. The van der Waals surface area contributed by atoms with Gasteiger partial charge in [-0.1, -0.05) is 36.0 Å². The molecule has 0 aromatic carbocycles. The van der Waals surface area contributed by atoms with Gasteiger partial charge >= 0.3 is 6.09 Å². The lowest BCUT2D eigenvalue weighted by atomic mass is 10.1. The van der Waals surface area contributed by atoms with E-state index in [0.29, 0.717) is 6.61 Å². The molecule has 13 heavy (non-hydrogen) atoms. The van der Waals surface area contributed by atoms with Crippen molar-refractivity contribution >= 4 is 6.09 Å². The number of amides is 1. The van der Waals surface area contributed by atoms with Crippen LogP contribution >= 0.6 is 0 Å². The summed E-state index contributed by atoms with van der Waals surface area (Å²) in [5.74, 6) is 0. The Morgan fingerprint density at radius 2 is 2.31 bits per heavy atom. The van der Waals surface area contributed by atoms with Gasteiger partial charge in [0.1, 0.15) is 0 Å². The van der Waals surface area contributed by atoms with E-state index < -0.39 is 6.09 Å². The highest BCUT2D eigenvalue weighted by Gasteiger charge is 1.98. The molecule has 0 spiro atoms. The van der Waals surface area contributed by atoms with Crippen LogP contribution in [0.5, 0.6) is 0 Å². The van der Waals surface area contributed by atoms with Gasteiger partial charge in [0.15, 0.2) is 0 Å². The Kier molecular flexibility index (Phi) is 3.82. The van der Waals surface area contributed by atoms with E-state index in [1.807, 2.05) is 24.3 Å². The lowest BCUT2D eigenvalue weighted by molar-refractivity contribution is 0.158. The summed E-state index contributed by atoms with van der Waals surface area (Å²) in [7, 11) is 0. The van der Waals surface area contributed by atoms with Gasteiger partial charge in [-0.2, -0.15) is 0 Å². The Hall–Kier alpha value is -1.51. The number of rotatable bonds is 3. The lowest BCUT2D eigenvalue weighted by Gasteiger charge is -2.03. The predicted molar refractivity (Wildman–Crippen MR) is 51.1 cm³/mol. The van der Waals surface area contributed by atoms with Crippen LogP contribution in [-0.2, 0) is 4.74 Å². The third-order valence-corrected chi connectivity index (χ3v) is 1.74. The van der Waals surface area contributed by atoms with Gasteiger partial charge in [0, 0.05) is 6.42 Å². The monoisotopic (exact) mass is 179 g/mol. The molecule has 0 saturated carbocycles. The highest BCUT2D eigenvalue weighted by Crippen LogP contribution is 2.10. The summed E-state index contributed by atoms with van der Waals surface area (Å²) < 4.78 is 4.64. The Morgan fingerprint density at radius 3 is 3.08 bits per heavy atom. The van der Waals surface area contributed by atoms with E-state index in [1.54, 1.807) is 0 Å². The van der Waals surface area contributed by atoms with E-state index in [1.165, 1.54) is 5.57 Å². The highest BCUT2D eigenvalue weighted by molar-refractivity contribution is 5.64. The molecule has 1 rings (SSSR count). The fourth-order valence-corrected chi connectivity index (χ4v) is 1.09. The molecule has 0 unspecified atom stereocenters. The minimum absolute atomic E-state index is 0.364. The van der Waals surface area contributed by atoms with Crippen LogP contribution in [0, 0.1) is 0 Å². The third kappa shape index (κ3) is 4.15. The van der Waals surface area contributed by atoms with Crippen LogP contribution in [0.1, 0.15) is 12.8 Å². The minimum Gasteiger partial charge on any atom is -0.449 e. The Morgan fingerprint density at radius 1 is 1.46 bits per heavy atom. The predicted octanol–water partition coefficient (Wildman–Crippen LogP) is 1.91. The van der Waals surface area contributed by atoms with Crippen molar-refractivity contribution in [3.05, 3.63) is 36.0 Å². The van der Waals surface area contributed by atoms with Gasteiger partial charge in [-0.15, -0.1) is 0 Å². The molecule has 3 heteroatoms. The number of hydrogen-bond acceptors (Lipinski definition) is 2. The number of hydrogen-bond donors (Lipinski definition) is 1. The number of primary amides is 1. The SMILES string of the molecule is NC(=O)OCCC1=CC=CC=CC1. The molecule has 0 radical (unpaired) electrons. The van der Waals surface area contributed by atoms with E-state index >= 15 is 0 Å². The average molecular weight is 179 g/mol. The Balaban J connectivity index is 2.28. The van der Waals surface area contributed by atoms with Crippen molar-refractivity contribution in [3.63, 3.8) is 0 Å². The number of allylic oxidation sites excluding steroid dienone is 5. The minimum atomic E-state index is -0.708. The molecule has 0 atom stereocenters. The normalized spacial score (nSPS) is 14.9. The van der Waals surface area contributed by atoms with Gasteiger partial charge in [-0.05, 0) is 6.42 Å². The first kappa shape index (κ1) is 9.58. The number of carbonyl (C=O) groups excluding carboxylic acids is 1. The van der Waals surface area contributed by atoms with E-state index in [2.05, 4.69) is 10.8 Å².